The van der Waals surface area contributed by atoms with E-state index in [1.807, 2.05) is 0 Å². The molecular weight excluding hydrogens is 210 g/mol. The van der Waals surface area contributed by atoms with Crippen LogP contribution >= 0.6 is 0 Å². The lowest BCUT2D eigenvalue weighted by Crippen LogP contribution is -2.39. The van der Waals surface area contributed by atoms with Gasteiger partial charge < -0.3 is 10.1 Å². The fourth-order valence-electron chi connectivity index (χ4n) is 2.66. The summed E-state index contributed by atoms with van der Waals surface area (Å²) < 4.78 is 5.17. The van der Waals surface area contributed by atoms with Gasteiger partial charge in [-0.05, 0) is 43.4 Å². The molecule has 102 valence electrons. The van der Waals surface area contributed by atoms with Gasteiger partial charge in [-0.1, -0.05) is 27.2 Å². The van der Waals surface area contributed by atoms with Gasteiger partial charge in [0.1, 0.15) is 0 Å². The Hall–Kier alpha value is -0.0800. The Kier molecular flexibility index (Phi) is 6.50. The van der Waals surface area contributed by atoms with Gasteiger partial charge in [0.25, 0.3) is 0 Å². The van der Waals surface area contributed by atoms with Crippen LogP contribution in [0.5, 0.6) is 0 Å². The van der Waals surface area contributed by atoms with Crippen LogP contribution in [0.4, 0.5) is 0 Å². The molecule has 0 bridgehead atoms. The van der Waals surface area contributed by atoms with Gasteiger partial charge in [-0.15, -0.1) is 0 Å². The molecule has 1 N–H and O–H groups in total. The molecule has 1 saturated carbocycles. The summed E-state index contributed by atoms with van der Waals surface area (Å²) in [6.07, 6.45) is 8.10. The molecule has 0 radical (unpaired) electrons. The van der Waals surface area contributed by atoms with Gasteiger partial charge in [-0.2, -0.15) is 0 Å². The summed E-state index contributed by atoms with van der Waals surface area (Å²) in [5.74, 6) is 0.995. The minimum atomic E-state index is 0.359. The average molecular weight is 241 g/mol. The van der Waals surface area contributed by atoms with E-state index in [1.165, 1.54) is 32.1 Å². The molecule has 17 heavy (non-hydrogen) atoms. The monoisotopic (exact) mass is 241 g/mol. The molecule has 0 aromatic heterocycles. The third-order valence-corrected chi connectivity index (χ3v) is 4.28. The van der Waals surface area contributed by atoms with Crippen molar-refractivity contribution in [2.24, 2.45) is 11.3 Å². The fourth-order valence-corrected chi connectivity index (χ4v) is 2.66. The Morgan fingerprint density at radius 1 is 1.18 bits per heavy atom. The van der Waals surface area contributed by atoms with Crippen molar-refractivity contribution in [2.75, 3.05) is 20.3 Å². The third-order valence-electron chi connectivity index (χ3n) is 4.28. The SMILES string of the molecule is CCC1CCC(NCC(C)(C)CCOC)CC1. The van der Waals surface area contributed by atoms with Gasteiger partial charge in [0.05, 0.1) is 0 Å². The maximum atomic E-state index is 5.17. The van der Waals surface area contributed by atoms with Crippen LogP contribution in [-0.2, 0) is 4.74 Å². The van der Waals surface area contributed by atoms with Crippen molar-refractivity contribution in [1.29, 1.82) is 0 Å². The lowest BCUT2D eigenvalue weighted by atomic mass is 9.83. The molecule has 0 heterocycles. The predicted octanol–water partition coefficient (Wildman–Crippen LogP) is 3.61. The largest absolute Gasteiger partial charge is 0.385 e. The number of hydrogen-bond donors (Lipinski definition) is 1. The zero-order valence-electron chi connectivity index (χ0n) is 12.2. The highest BCUT2D eigenvalue weighted by Crippen LogP contribution is 2.27. The normalized spacial score (nSPS) is 26.1. The molecule has 0 saturated heterocycles. The van der Waals surface area contributed by atoms with E-state index in [-0.39, 0.29) is 0 Å². The minimum absolute atomic E-state index is 0.359. The molecule has 0 unspecified atom stereocenters. The number of rotatable bonds is 7. The van der Waals surface area contributed by atoms with Crippen molar-refractivity contribution in [3.05, 3.63) is 0 Å². The van der Waals surface area contributed by atoms with Crippen LogP contribution in [0.15, 0.2) is 0 Å². The second kappa shape index (κ2) is 7.38. The van der Waals surface area contributed by atoms with Crippen LogP contribution in [0.3, 0.4) is 0 Å². The predicted molar refractivity (Wildman–Crippen MR) is 74.3 cm³/mol. The van der Waals surface area contributed by atoms with Gasteiger partial charge in [0, 0.05) is 26.3 Å². The molecule has 1 aliphatic carbocycles. The quantitative estimate of drug-likeness (QED) is 0.735. The molecule has 0 atom stereocenters. The maximum absolute atomic E-state index is 5.17. The van der Waals surface area contributed by atoms with Crippen LogP contribution in [0.25, 0.3) is 0 Å². The zero-order chi connectivity index (χ0) is 12.7. The zero-order valence-corrected chi connectivity index (χ0v) is 12.2. The molecule has 1 aliphatic rings. The van der Waals surface area contributed by atoms with Crippen LogP contribution in [0, 0.1) is 11.3 Å². The Morgan fingerprint density at radius 2 is 1.82 bits per heavy atom. The topological polar surface area (TPSA) is 21.3 Å². The number of ether oxygens (including phenoxy) is 1. The van der Waals surface area contributed by atoms with E-state index < -0.39 is 0 Å². The van der Waals surface area contributed by atoms with Crippen molar-refractivity contribution >= 4 is 0 Å². The van der Waals surface area contributed by atoms with Crippen LogP contribution in [-0.4, -0.2) is 26.3 Å². The number of hydrogen-bond acceptors (Lipinski definition) is 2. The molecule has 0 spiro atoms. The smallest absolute Gasteiger partial charge is 0.0467 e. The molecule has 0 aliphatic heterocycles. The molecule has 2 heteroatoms. The van der Waals surface area contributed by atoms with Gasteiger partial charge in [-0.3, -0.25) is 0 Å². The Morgan fingerprint density at radius 3 is 2.35 bits per heavy atom. The van der Waals surface area contributed by atoms with E-state index in [4.69, 9.17) is 4.74 Å². The first-order chi connectivity index (χ1) is 8.07. The third kappa shape index (κ3) is 5.87. The standard InChI is InChI=1S/C15H31NO/c1-5-13-6-8-14(9-7-13)16-12-15(2,3)10-11-17-4/h13-14,16H,5-12H2,1-4H3. The molecule has 0 amide bonds. The number of methoxy groups -OCH3 is 1. The van der Waals surface area contributed by atoms with Crippen LogP contribution in [0.1, 0.15) is 59.3 Å². The van der Waals surface area contributed by atoms with Crippen molar-refractivity contribution in [2.45, 2.75) is 65.3 Å². The molecular formula is C15H31NO. The van der Waals surface area contributed by atoms with Gasteiger partial charge in [0.2, 0.25) is 0 Å². The molecule has 1 rings (SSSR count). The average Bonchev–Trinajstić information content (AvgIpc) is 2.35. The summed E-state index contributed by atoms with van der Waals surface area (Å²) in [5.41, 5.74) is 0.359. The summed E-state index contributed by atoms with van der Waals surface area (Å²) in [6, 6.07) is 0.764. The molecule has 0 aromatic carbocycles. The van der Waals surface area contributed by atoms with E-state index >= 15 is 0 Å². The summed E-state index contributed by atoms with van der Waals surface area (Å²) in [6.45, 7) is 8.98. The first-order valence-corrected chi connectivity index (χ1v) is 7.29. The van der Waals surface area contributed by atoms with E-state index in [1.54, 1.807) is 7.11 Å². The second-order valence-electron chi connectivity index (χ2n) is 6.41. The van der Waals surface area contributed by atoms with E-state index in [2.05, 4.69) is 26.1 Å². The fraction of sp³-hybridized carbons (Fsp3) is 1.00. The van der Waals surface area contributed by atoms with E-state index in [0.717, 1.165) is 31.5 Å². The van der Waals surface area contributed by atoms with Crippen molar-refractivity contribution in [3.8, 4) is 0 Å². The Bertz CT molecular complexity index is 195. The second-order valence-corrected chi connectivity index (χ2v) is 6.41. The lowest BCUT2D eigenvalue weighted by molar-refractivity contribution is 0.146. The Labute approximate surface area is 108 Å². The molecule has 2 nitrogen and oxygen atoms in total. The highest BCUT2D eigenvalue weighted by molar-refractivity contribution is 4.80. The summed E-state index contributed by atoms with van der Waals surface area (Å²) >= 11 is 0. The summed E-state index contributed by atoms with van der Waals surface area (Å²) in [5, 5.41) is 3.76. The van der Waals surface area contributed by atoms with Gasteiger partial charge in [-0.25, -0.2) is 0 Å². The van der Waals surface area contributed by atoms with Crippen molar-refractivity contribution in [3.63, 3.8) is 0 Å². The van der Waals surface area contributed by atoms with Crippen LogP contribution < -0.4 is 5.32 Å². The van der Waals surface area contributed by atoms with Gasteiger partial charge >= 0.3 is 0 Å². The molecule has 1 fully saturated rings. The first kappa shape index (κ1) is 15.0. The van der Waals surface area contributed by atoms with E-state index in [0.29, 0.717) is 5.41 Å². The van der Waals surface area contributed by atoms with Gasteiger partial charge in [0.15, 0.2) is 0 Å². The summed E-state index contributed by atoms with van der Waals surface area (Å²) in [4.78, 5) is 0. The highest BCUT2D eigenvalue weighted by Gasteiger charge is 2.23. The van der Waals surface area contributed by atoms with E-state index in [9.17, 15) is 0 Å². The minimum Gasteiger partial charge on any atom is -0.385 e. The Balaban J connectivity index is 2.18. The highest BCUT2D eigenvalue weighted by atomic mass is 16.5. The first-order valence-electron chi connectivity index (χ1n) is 7.29. The van der Waals surface area contributed by atoms with Crippen molar-refractivity contribution in [1.82, 2.24) is 5.32 Å². The summed E-state index contributed by atoms with van der Waals surface area (Å²) in [7, 11) is 1.79. The maximum Gasteiger partial charge on any atom is 0.0467 e. The lowest BCUT2D eigenvalue weighted by Gasteiger charge is -2.32. The number of nitrogens with one attached hydrogen (secondary N) is 1. The van der Waals surface area contributed by atoms with Crippen LogP contribution in [0.2, 0.25) is 0 Å². The van der Waals surface area contributed by atoms with Crippen molar-refractivity contribution < 1.29 is 4.74 Å². The molecule has 0 aromatic rings.